The summed E-state index contributed by atoms with van der Waals surface area (Å²) in [5, 5.41) is 12.6. The van der Waals surface area contributed by atoms with Crippen LogP contribution in [0, 0.1) is 0 Å². The zero-order valence-corrected chi connectivity index (χ0v) is 27.2. The summed E-state index contributed by atoms with van der Waals surface area (Å²) in [6, 6.07) is 19.8. The zero-order valence-electron chi connectivity index (χ0n) is 27.2. The number of hydrogen-bond donors (Lipinski definition) is 1. The number of nitrogens with zero attached hydrogens (tertiary/aromatic N) is 4. The summed E-state index contributed by atoms with van der Waals surface area (Å²) >= 11 is 0. The molecule has 2 atom stereocenters. The van der Waals surface area contributed by atoms with Crippen LogP contribution in [0.1, 0.15) is 63.8 Å². The summed E-state index contributed by atoms with van der Waals surface area (Å²) in [5.74, 6) is 1.72. The van der Waals surface area contributed by atoms with Crippen molar-refractivity contribution in [1.29, 1.82) is 0 Å². The molecule has 4 aromatic rings. The van der Waals surface area contributed by atoms with Gasteiger partial charge in [0.05, 0.1) is 12.6 Å². The molecule has 2 heterocycles. The molecule has 0 saturated carbocycles. The number of benzene rings is 3. The van der Waals surface area contributed by atoms with E-state index in [0.29, 0.717) is 26.1 Å². The van der Waals surface area contributed by atoms with E-state index in [1.165, 1.54) is 4.90 Å². The second-order valence-corrected chi connectivity index (χ2v) is 13.0. The summed E-state index contributed by atoms with van der Waals surface area (Å²) in [6.07, 6.45) is 2.16. The Balaban J connectivity index is 1.41. The van der Waals surface area contributed by atoms with E-state index in [2.05, 4.69) is 34.9 Å². The summed E-state index contributed by atoms with van der Waals surface area (Å²) in [5.41, 5.74) is 2.18. The first kappa shape index (κ1) is 32.3. The molecule has 0 unspecified atom stereocenters. The molecule has 5 rings (SSSR count). The van der Waals surface area contributed by atoms with E-state index in [9.17, 15) is 14.7 Å². The van der Waals surface area contributed by atoms with Crippen molar-refractivity contribution < 1.29 is 24.2 Å². The van der Waals surface area contributed by atoms with Gasteiger partial charge in [0, 0.05) is 57.3 Å². The molecule has 0 radical (unpaired) electrons. The molecule has 1 aliphatic heterocycles. The second-order valence-electron chi connectivity index (χ2n) is 13.0. The lowest BCUT2D eigenvalue weighted by molar-refractivity contribution is -0.134. The van der Waals surface area contributed by atoms with Crippen LogP contribution in [0.25, 0.3) is 21.8 Å². The van der Waals surface area contributed by atoms with Crippen molar-refractivity contribution in [1.82, 2.24) is 19.4 Å². The third kappa shape index (κ3) is 7.25. The van der Waals surface area contributed by atoms with Gasteiger partial charge in [-0.3, -0.25) is 9.69 Å². The highest BCUT2D eigenvalue weighted by Gasteiger charge is 2.37. The molecule has 1 N–H and O–H groups in total. The zero-order chi connectivity index (χ0) is 32.1. The number of piperidine rings is 1. The van der Waals surface area contributed by atoms with Gasteiger partial charge >= 0.3 is 6.09 Å². The number of likely N-dealkylation sites (tertiary alicyclic amines) is 1. The number of aromatic nitrogens is 2. The second kappa shape index (κ2) is 13.9. The predicted octanol–water partition coefficient (Wildman–Crippen LogP) is 6.72. The molecule has 240 valence electrons. The Morgan fingerprint density at radius 1 is 1.07 bits per heavy atom. The molecule has 3 aromatic carbocycles. The lowest BCUT2D eigenvalue weighted by Crippen LogP contribution is -2.54. The standard InChI is InChI=1S/C36H46N4O5/c1-36(2,3)40(35(42)43)29(22-25-16-17-26-11-6-7-12-27(26)21-25)23-32(41)38-18-9-13-28(24-38)34-37-33-30(14-8-15-31(33)45-5)39(34)19-10-20-44-4/h6-8,11-12,14-17,21,28-29H,9-10,13,18-20,22-24H2,1-5H3,(H,42,43)/t28-,29-/m1/s1. The SMILES string of the molecule is COCCCn1c([C@@H]2CCCN(C(=O)C[C@@H](Cc3ccc4ccccc4c3)N(C(=O)O)C(C)(C)C)C2)nc2c(OC)cccc21. The Labute approximate surface area is 265 Å². The summed E-state index contributed by atoms with van der Waals surface area (Å²) in [6.45, 7) is 8.25. The van der Waals surface area contributed by atoms with Gasteiger partial charge in [0.25, 0.3) is 0 Å². The Bertz CT molecular complexity index is 1640. The van der Waals surface area contributed by atoms with Gasteiger partial charge in [-0.2, -0.15) is 0 Å². The largest absolute Gasteiger partial charge is 0.494 e. The summed E-state index contributed by atoms with van der Waals surface area (Å²) < 4.78 is 13.2. The monoisotopic (exact) mass is 614 g/mol. The van der Waals surface area contributed by atoms with Crippen molar-refractivity contribution >= 4 is 33.8 Å². The van der Waals surface area contributed by atoms with Crippen LogP contribution in [0.4, 0.5) is 4.79 Å². The van der Waals surface area contributed by atoms with Gasteiger partial charge in [0.2, 0.25) is 5.91 Å². The number of aryl methyl sites for hydroxylation is 1. The van der Waals surface area contributed by atoms with E-state index in [1.807, 2.05) is 56.0 Å². The van der Waals surface area contributed by atoms with Crippen LogP contribution >= 0.6 is 0 Å². The van der Waals surface area contributed by atoms with Crippen molar-refractivity contribution in [3.8, 4) is 5.75 Å². The number of ether oxygens (including phenoxy) is 2. The number of hydrogen-bond acceptors (Lipinski definition) is 5. The summed E-state index contributed by atoms with van der Waals surface area (Å²) in [4.78, 5) is 35.1. The third-order valence-electron chi connectivity index (χ3n) is 8.85. The van der Waals surface area contributed by atoms with Crippen molar-refractivity contribution in [2.24, 2.45) is 0 Å². The fourth-order valence-electron chi connectivity index (χ4n) is 6.85. The van der Waals surface area contributed by atoms with Crippen LogP contribution in [0.2, 0.25) is 0 Å². The Morgan fingerprint density at radius 3 is 2.56 bits per heavy atom. The highest BCUT2D eigenvalue weighted by Crippen LogP contribution is 2.34. The lowest BCUT2D eigenvalue weighted by Gasteiger charge is -2.41. The molecule has 1 saturated heterocycles. The molecule has 0 bridgehead atoms. The number of imidazole rings is 1. The Morgan fingerprint density at radius 2 is 1.84 bits per heavy atom. The van der Waals surface area contributed by atoms with Gasteiger partial charge in [-0.1, -0.05) is 48.5 Å². The van der Waals surface area contributed by atoms with Crippen LogP contribution in [0.3, 0.4) is 0 Å². The molecule has 1 fully saturated rings. The minimum atomic E-state index is -1.02. The number of fused-ring (bicyclic) bond motifs is 2. The molecular weight excluding hydrogens is 568 g/mol. The van der Waals surface area contributed by atoms with E-state index < -0.39 is 17.7 Å². The normalized spacial score (nSPS) is 16.2. The fraction of sp³-hybridized carbons (Fsp3) is 0.472. The van der Waals surface area contributed by atoms with Crippen molar-refractivity contribution in [2.75, 3.05) is 33.9 Å². The minimum Gasteiger partial charge on any atom is -0.494 e. The van der Waals surface area contributed by atoms with Crippen molar-refractivity contribution in [3.63, 3.8) is 0 Å². The van der Waals surface area contributed by atoms with Crippen molar-refractivity contribution in [2.45, 2.75) is 76.9 Å². The maximum absolute atomic E-state index is 14.1. The molecule has 1 aliphatic rings. The fourth-order valence-corrected chi connectivity index (χ4v) is 6.85. The van der Waals surface area contributed by atoms with Gasteiger partial charge in [-0.15, -0.1) is 0 Å². The van der Waals surface area contributed by atoms with E-state index >= 15 is 0 Å². The van der Waals surface area contributed by atoms with Crippen LogP contribution in [0.15, 0.2) is 60.7 Å². The van der Waals surface area contributed by atoms with Gasteiger partial charge in [0.15, 0.2) is 0 Å². The first-order chi connectivity index (χ1) is 21.6. The first-order valence-corrected chi connectivity index (χ1v) is 15.9. The van der Waals surface area contributed by atoms with E-state index in [1.54, 1.807) is 14.2 Å². The van der Waals surface area contributed by atoms with Gasteiger partial charge in [0.1, 0.15) is 17.1 Å². The Kier molecular flexibility index (Phi) is 9.97. The third-order valence-corrected chi connectivity index (χ3v) is 8.85. The van der Waals surface area contributed by atoms with Gasteiger partial charge in [-0.25, -0.2) is 9.78 Å². The maximum Gasteiger partial charge on any atom is 0.408 e. The molecule has 2 amide bonds. The number of amides is 2. The predicted molar refractivity (Wildman–Crippen MR) is 177 cm³/mol. The van der Waals surface area contributed by atoms with E-state index in [4.69, 9.17) is 14.5 Å². The van der Waals surface area contributed by atoms with Crippen LogP contribution in [-0.4, -0.2) is 82.0 Å². The number of para-hydroxylation sites is 1. The average Bonchev–Trinajstić information content (AvgIpc) is 3.39. The number of rotatable bonds is 11. The van der Waals surface area contributed by atoms with Crippen LogP contribution in [-0.2, 0) is 22.5 Å². The molecular formula is C36H46N4O5. The number of carbonyl (C=O) groups is 2. The van der Waals surface area contributed by atoms with E-state index in [-0.39, 0.29) is 18.2 Å². The molecule has 0 aliphatic carbocycles. The quantitative estimate of drug-likeness (QED) is 0.188. The topological polar surface area (TPSA) is 97.1 Å². The Hall–Kier alpha value is -4.11. The lowest BCUT2D eigenvalue weighted by atomic mass is 9.93. The highest BCUT2D eigenvalue weighted by molar-refractivity contribution is 5.84. The molecule has 45 heavy (non-hydrogen) atoms. The smallest absolute Gasteiger partial charge is 0.408 e. The number of carbonyl (C=O) groups excluding carboxylic acids is 1. The van der Waals surface area contributed by atoms with Crippen LogP contribution < -0.4 is 4.74 Å². The number of methoxy groups -OCH3 is 2. The van der Waals surface area contributed by atoms with Gasteiger partial charge < -0.3 is 24.0 Å². The van der Waals surface area contributed by atoms with Crippen molar-refractivity contribution in [3.05, 3.63) is 72.1 Å². The average molecular weight is 615 g/mol. The van der Waals surface area contributed by atoms with E-state index in [0.717, 1.165) is 64.8 Å². The number of carboxylic acid groups (broad SMARTS) is 1. The summed E-state index contributed by atoms with van der Waals surface area (Å²) in [7, 11) is 3.37. The maximum atomic E-state index is 14.1. The molecule has 9 nitrogen and oxygen atoms in total. The minimum absolute atomic E-state index is 0.0272. The van der Waals surface area contributed by atoms with Gasteiger partial charge in [-0.05, 0) is 74.9 Å². The first-order valence-electron chi connectivity index (χ1n) is 15.9. The molecule has 1 aromatic heterocycles. The molecule has 9 heteroatoms. The highest BCUT2D eigenvalue weighted by atomic mass is 16.5. The molecule has 0 spiro atoms. The van der Waals surface area contributed by atoms with Crippen LogP contribution in [0.5, 0.6) is 5.75 Å².